The summed E-state index contributed by atoms with van der Waals surface area (Å²) in [5.74, 6) is 1.63. The molecule has 0 aliphatic carbocycles. The number of anilines is 1. The van der Waals surface area contributed by atoms with Crippen LogP contribution in [0.1, 0.15) is 20.3 Å². The zero-order valence-corrected chi connectivity index (χ0v) is 14.5. The second-order valence-electron chi connectivity index (χ2n) is 5.77. The van der Waals surface area contributed by atoms with E-state index in [-0.39, 0.29) is 12.1 Å². The standard InChI is InChI=1S/C17H27N3O3/c1-5-13(2)18-17(21)20-10-8-19(9-11-20)15-12-14(22-3)6-7-16(15)23-4/h6-7,12-13H,5,8-11H2,1-4H3,(H,18,21). The second kappa shape index (κ2) is 7.94. The van der Waals surface area contributed by atoms with Crippen LogP contribution < -0.4 is 19.7 Å². The van der Waals surface area contributed by atoms with E-state index in [1.807, 2.05) is 30.0 Å². The van der Waals surface area contributed by atoms with Gasteiger partial charge < -0.3 is 24.6 Å². The van der Waals surface area contributed by atoms with Crippen molar-refractivity contribution in [2.45, 2.75) is 26.3 Å². The number of hydrogen-bond donors (Lipinski definition) is 1. The summed E-state index contributed by atoms with van der Waals surface area (Å²) < 4.78 is 10.8. The van der Waals surface area contributed by atoms with Gasteiger partial charge in [-0.25, -0.2) is 4.79 Å². The lowest BCUT2D eigenvalue weighted by atomic mass is 10.2. The van der Waals surface area contributed by atoms with Crippen LogP contribution in [0.5, 0.6) is 11.5 Å². The fourth-order valence-electron chi connectivity index (χ4n) is 2.60. The van der Waals surface area contributed by atoms with Crippen molar-refractivity contribution >= 4 is 11.7 Å². The number of carbonyl (C=O) groups excluding carboxylic acids is 1. The second-order valence-corrected chi connectivity index (χ2v) is 5.77. The summed E-state index contributed by atoms with van der Waals surface area (Å²) >= 11 is 0. The number of nitrogens with one attached hydrogen (secondary N) is 1. The van der Waals surface area contributed by atoms with Gasteiger partial charge in [-0.2, -0.15) is 0 Å². The Balaban J connectivity index is 2.00. The molecule has 1 aromatic rings. The highest BCUT2D eigenvalue weighted by Crippen LogP contribution is 2.32. The number of hydrogen-bond acceptors (Lipinski definition) is 4. The Morgan fingerprint density at radius 1 is 1.22 bits per heavy atom. The third-order valence-electron chi connectivity index (χ3n) is 4.28. The molecule has 0 spiro atoms. The van der Waals surface area contributed by atoms with Crippen LogP contribution in [0.15, 0.2) is 18.2 Å². The van der Waals surface area contributed by atoms with Gasteiger partial charge in [0.25, 0.3) is 0 Å². The minimum Gasteiger partial charge on any atom is -0.497 e. The number of carbonyl (C=O) groups is 1. The molecule has 1 heterocycles. The number of methoxy groups -OCH3 is 2. The van der Waals surface area contributed by atoms with Gasteiger partial charge in [0, 0.05) is 38.3 Å². The smallest absolute Gasteiger partial charge is 0.317 e. The summed E-state index contributed by atoms with van der Waals surface area (Å²) in [6.45, 7) is 7.04. The van der Waals surface area contributed by atoms with Gasteiger partial charge in [-0.15, -0.1) is 0 Å². The molecule has 1 aliphatic rings. The molecule has 6 nitrogen and oxygen atoms in total. The molecule has 1 N–H and O–H groups in total. The molecule has 1 unspecified atom stereocenters. The lowest BCUT2D eigenvalue weighted by Gasteiger charge is -2.37. The summed E-state index contributed by atoms with van der Waals surface area (Å²) in [6, 6.07) is 6.01. The monoisotopic (exact) mass is 321 g/mol. The van der Waals surface area contributed by atoms with Crippen molar-refractivity contribution in [2.24, 2.45) is 0 Å². The van der Waals surface area contributed by atoms with E-state index in [1.165, 1.54) is 0 Å². The maximum absolute atomic E-state index is 12.2. The number of piperazine rings is 1. The van der Waals surface area contributed by atoms with Crippen LogP contribution in [0.25, 0.3) is 0 Å². The van der Waals surface area contributed by atoms with E-state index in [4.69, 9.17) is 9.47 Å². The van der Waals surface area contributed by atoms with Crippen molar-refractivity contribution in [3.63, 3.8) is 0 Å². The van der Waals surface area contributed by atoms with Gasteiger partial charge >= 0.3 is 6.03 Å². The minimum atomic E-state index is 0.0246. The number of urea groups is 1. The molecule has 0 radical (unpaired) electrons. The van der Waals surface area contributed by atoms with Crippen LogP contribution in [-0.4, -0.2) is 57.4 Å². The summed E-state index contributed by atoms with van der Waals surface area (Å²) in [6.07, 6.45) is 0.937. The van der Waals surface area contributed by atoms with Crippen LogP contribution in [0.2, 0.25) is 0 Å². The average Bonchev–Trinajstić information content (AvgIpc) is 2.61. The molecule has 1 fully saturated rings. The fourth-order valence-corrected chi connectivity index (χ4v) is 2.60. The predicted octanol–water partition coefficient (Wildman–Crippen LogP) is 2.33. The minimum absolute atomic E-state index is 0.0246. The van der Waals surface area contributed by atoms with E-state index < -0.39 is 0 Å². The van der Waals surface area contributed by atoms with Gasteiger partial charge in [0.2, 0.25) is 0 Å². The maximum atomic E-state index is 12.2. The molecule has 128 valence electrons. The Morgan fingerprint density at radius 2 is 1.91 bits per heavy atom. The van der Waals surface area contributed by atoms with E-state index in [9.17, 15) is 4.79 Å². The summed E-state index contributed by atoms with van der Waals surface area (Å²) in [5, 5.41) is 3.02. The van der Waals surface area contributed by atoms with Crippen molar-refractivity contribution in [1.82, 2.24) is 10.2 Å². The molecule has 23 heavy (non-hydrogen) atoms. The van der Waals surface area contributed by atoms with E-state index >= 15 is 0 Å². The quantitative estimate of drug-likeness (QED) is 0.904. The first-order valence-corrected chi connectivity index (χ1v) is 8.11. The number of rotatable bonds is 5. The first kappa shape index (κ1) is 17.2. The van der Waals surface area contributed by atoms with Crippen molar-refractivity contribution in [3.8, 4) is 11.5 Å². The Hall–Kier alpha value is -2.11. The highest BCUT2D eigenvalue weighted by molar-refractivity contribution is 5.75. The third kappa shape index (κ3) is 4.21. The molecule has 6 heteroatoms. The van der Waals surface area contributed by atoms with Gasteiger partial charge in [0.1, 0.15) is 11.5 Å². The van der Waals surface area contributed by atoms with E-state index in [2.05, 4.69) is 17.1 Å². The van der Waals surface area contributed by atoms with Gasteiger partial charge in [0.15, 0.2) is 0 Å². The Labute approximate surface area is 138 Å². The van der Waals surface area contributed by atoms with E-state index in [1.54, 1.807) is 14.2 Å². The normalized spacial score (nSPS) is 16.0. The Morgan fingerprint density at radius 3 is 2.48 bits per heavy atom. The molecular formula is C17H27N3O3. The lowest BCUT2D eigenvalue weighted by molar-refractivity contribution is 0.190. The predicted molar refractivity (Wildman–Crippen MR) is 91.6 cm³/mol. The maximum Gasteiger partial charge on any atom is 0.317 e. The highest BCUT2D eigenvalue weighted by Gasteiger charge is 2.23. The molecule has 0 bridgehead atoms. The molecule has 0 saturated carbocycles. The summed E-state index contributed by atoms with van der Waals surface area (Å²) in [7, 11) is 3.32. The van der Waals surface area contributed by atoms with Crippen LogP contribution >= 0.6 is 0 Å². The molecule has 1 aromatic carbocycles. The van der Waals surface area contributed by atoms with Crippen LogP contribution in [-0.2, 0) is 0 Å². The average molecular weight is 321 g/mol. The molecule has 1 saturated heterocycles. The van der Waals surface area contributed by atoms with Gasteiger partial charge in [0.05, 0.1) is 19.9 Å². The van der Waals surface area contributed by atoms with Crippen LogP contribution in [0.4, 0.5) is 10.5 Å². The molecule has 1 aliphatic heterocycles. The van der Waals surface area contributed by atoms with Crippen LogP contribution in [0, 0.1) is 0 Å². The summed E-state index contributed by atoms with van der Waals surface area (Å²) in [5.41, 5.74) is 1.01. The SMILES string of the molecule is CCC(C)NC(=O)N1CCN(c2cc(OC)ccc2OC)CC1. The van der Waals surface area contributed by atoms with Crippen molar-refractivity contribution in [1.29, 1.82) is 0 Å². The van der Waals surface area contributed by atoms with Crippen LogP contribution in [0.3, 0.4) is 0 Å². The van der Waals surface area contributed by atoms with Crippen molar-refractivity contribution in [2.75, 3.05) is 45.3 Å². The van der Waals surface area contributed by atoms with Gasteiger partial charge in [-0.1, -0.05) is 6.92 Å². The fraction of sp³-hybridized carbons (Fsp3) is 0.588. The Bertz CT molecular complexity index is 528. The largest absolute Gasteiger partial charge is 0.497 e. The van der Waals surface area contributed by atoms with Gasteiger partial charge in [-0.05, 0) is 25.5 Å². The number of benzene rings is 1. The molecule has 2 rings (SSSR count). The first-order chi connectivity index (χ1) is 11.1. The zero-order chi connectivity index (χ0) is 16.8. The molecular weight excluding hydrogens is 294 g/mol. The molecule has 1 atom stereocenters. The number of nitrogens with zero attached hydrogens (tertiary/aromatic N) is 2. The topological polar surface area (TPSA) is 54.0 Å². The number of amides is 2. The van der Waals surface area contributed by atoms with Crippen molar-refractivity contribution < 1.29 is 14.3 Å². The molecule has 2 amide bonds. The molecule has 0 aromatic heterocycles. The number of ether oxygens (including phenoxy) is 2. The zero-order valence-electron chi connectivity index (χ0n) is 14.5. The highest BCUT2D eigenvalue weighted by atomic mass is 16.5. The summed E-state index contributed by atoms with van der Waals surface area (Å²) in [4.78, 5) is 16.3. The van der Waals surface area contributed by atoms with E-state index in [0.717, 1.165) is 36.7 Å². The van der Waals surface area contributed by atoms with E-state index in [0.29, 0.717) is 13.1 Å². The first-order valence-electron chi connectivity index (χ1n) is 8.11. The third-order valence-corrected chi connectivity index (χ3v) is 4.28. The van der Waals surface area contributed by atoms with Gasteiger partial charge in [-0.3, -0.25) is 0 Å². The lowest BCUT2D eigenvalue weighted by Crippen LogP contribution is -2.53. The Kier molecular flexibility index (Phi) is 5.96. The van der Waals surface area contributed by atoms with Crippen molar-refractivity contribution in [3.05, 3.63) is 18.2 Å².